The number of aromatic nitrogens is 2. The number of carbonyl (C=O) groups is 1. The van der Waals surface area contributed by atoms with E-state index in [2.05, 4.69) is 5.10 Å². The molecule has 0 aliphatic rings. The Morgan fingerprint density at radius 3 is 2.33 bits per heavy atom. The van der Waals surface area contributed by atoms with Crippen LogP contribution in [0.2, 0.25) is 0 Å². The van der Waals surface area contributed by atoms with Crippen LogP contribution in [-0.4, -0.2) is 47.2 Å². The van der Waals surface area contributed by atoms with Crippen molar-refractivity contribution in [1.29, 1.82) is 0 Å². The van der Waals surface area contributed by atoms with Gasteiger partial charge in [-0.3, -0.25) is 0 Å². The van der Waals surface area contributed by atoms with Crippen molar-refractivity contribution in [2.75, 3.05) is 12.9 Å². The van der Waals surface area contributed by atoms with Crippen molar-refractivity contribution in [2.45, 2.75) is 24.4 Å². The van der Waals surface area contributed by atoms with Gasteiger partial charge in [0.2, 0.25) is 5.03 Å². The zero-order chi connectivity index (χ0) is 14.3. The third kappa shape index (κ3) is 2.36. The summed E-state index contributed by atoms with van der Waals surface area (Å²) in [7, 11) is -3.99. The van der Waals surface area contributed by atoms with Crippen molar-refractivity contribution in [3.05, 3.63) is 11.5 Å². The first-order chi connectivity index (χ1) is 8.02. The molecule has 1 rings (SSSR count). The monoisotopic (exact) mass is 280 g/mol. The Hall–Kier alpha value is -1.48. The Morgan fingerprint density at radius 1 is 1.50 bits per heavy atom. The van der Waals surface area contributed by atoms with Crippen molar-refractivity contribution >= 4 is 15.8 Å². The summed E-state index contributed by atoms with van der Waals surface area (Å²) in [5.74, 6) is -3.08. The van der Waals surface area contributed by atoms with E-state index >= 15 is 0 Å². The van der Waals surface area contributed by atoms with Gasteiger partial charge < -0.3 is 10.2 Å². The summed E-state index contributed by atoms with van der Waals surface area (Å²) >= 11 is 0. The zero-order valence-corrected chi connectivity index (χ0v) is 10.8. The van der Waals surface area contributed by atoms with Crippen LogP contribution in [-0.2, 0) is 15.4 Å². The first kappa shape index (κ1) is 14.6. The molecule has 0 aliphatic carbocycles. The van der Waals surface area contributed by atoms with Crippen LogP contribution in [0.5, 0.6) is 0 Å². The van der Waals surface area contributed by atoms with Crippen LogP contribution in [0.3, 0.4) is 0 Å². The number of sulfone groups is 1. The minimum absolute atomic E-state index is 0.530. The second-order valence-corrected chi connectivity index (χ2v) is 6.36. The molecule has 7 nitrogen and oxygen atoms in total. The molecule has 18 heavy (non-hydrogen) atoms. The second kappa shape index (κ2) is 4.32. The van der Waals surface area contributed by atoms with E-state index in [9.17, 15) is 17.6 Å². The molecule has 102 valence electrons. The highest BCUT2D eigenvalue weighted by molar-refractivity contribution is 7.90. The fourth-order valence-corrected chi connectivity index (χ4v) is 1.96. The van der Waals surface area contributed by atoms with Gasteiger partial charge in [0, 0.05) is 6.26 Å². The number of carboxylic acids is 1. The molecule has 0 spiro atoms. The molecular weight excluding hydrogens is 267 g/mol. The fraction of sp³-hybridized carbons (Fsp3) is 0.556. The van der Waals surface area contributed by atoms with E-state index < -0.39 is 44.5 Å². The van der Waals surface area contributed by atoms with E-state index in [1.54, 1.807) is 0 Å². The van der Waals surface area contributed by atoms with Crippen molar-refractivity contribution < 1.29 is 27.8 Å². The van der Waals surface area contributed by atoms with Gasteiger partial charge in [0.1, 0.15) is 0 Å². The number of halogens is 1. The van der Waals surface area contributed by atoms with Crippen molar-refractivity contribution in [1.82, 2.24) is 9.78 Å². The molecule has 0 atom stereocenters. The Morgan fingerprint density at radius 2 is 2.00 bits per heavy atom. The van der Waals surface area contributed by atoms with Crippen molar-refractivity contribution in [3.8, 4) is 0 Å². The minimum atomic E-state index is -3.99. The van der Waals surface area contributed by atoms with E-state index in [4.69, 9.17) is 10.2 Å². The molecule has 1 aromatic rings. The average Bonchev–Trinajstić information content (AvgIpc) is 2.55. The number of hydrogen-bond donors (Lipinski definition) is 2. The molecule has 0 aliphatic heterocycles. The Balaban J connectivity index is 3.69. The lowest BCUT2D eigenvalue weighted by Gasteiger charge is -2.23. The molecule has 0 aromatic carbocycles. The maximum absolute atomic E-state index is 13.8. The van der Waals surface area contributed by atoms with Crippen LogP contribution in [0.1, 0.15) is 24.3 Å². The summed E-state index contributed by atoms with van der Waals surface area (Å²) in [5, 5.41) is 20.6. The third-order valence-electron chi connectivity index (χ3n) is 2.31. The van der Waals surface area contributed by atoms with E-state index in [1.807, 2.05) is 0 Å². The molecule has 0 radical (unpaired) electrons. The Kier molecular flexibility index (Phi) is 3.50. The van der Waals surface area contributed by atoms with E-state index in [0.29, 0.717) is 4.68 Å². The summed E-state index contributed by atoms with van der Waals surface area (Å²) in [6.45, 7) is 2.27. The van der Waals surface area contributed by atoms with Gasteiger partial charge in [0.05, 0.1) is 12.1 Å². The zero-order valence-electron chi connectivity index (χ0n) is 10.0. The van der Waals surface area contributed by atoms with Gasteiger partial charge in [-0.1, -0.05) is 0 Å². The van der Waals surface area contributed by atoms with Gasteiger partial charge in [0.15, 0.2) is 21.3 Å². The molecular formula is C9H13FN2O5S. The fourth-order valence-electron chi connectivity index (χ4n) is 1.31. The molecule has 0 saturated carbocycles. The molecule has 0 amide bonds. The van der Waals surface area contributed by atoms with Gasteiger partial charge in [-0.2, -0.15) is 5.10 Å². The van der Waals surface area contributed by atoms with Crippen LogP contribution in [0, 0.1) is 5.82 Å². The van der Waals surface area contributed by atoms with Crippen LogP contribution in [0.25, 0.3) is 0 Å². The molecule has 0 bridgehead atoms. The van der Waals surface area contributed by atoms with E-state index in [-0.39, 0.29) is 0 Å². The predicted octanol–water partition coefficient (Wildman–Crippen LogP) is -0.149. The number of rotatable bonds is 4. The number of nitrogens with zero attached hydrogens (tertiary/aromatic N) is 2. The van der Waals surface area contributed by atoms with Crippen LogP contribution >= 0.6 is 0 Å². The number of hydrogen-bond acceptors (Lipinski definition) is 5. The van der Waals surface area contributed by atoms with Gasteiger partial charge in [-0.25, -0.2) is 22.3 Å². The molecule has 0 fully saturated rings. The summed E-state index contributed by atoms with van der Waals surface area (Å²) < 4.78 is 37.0. The minimum Gasteiger partial charge on any atom is -0.476 e. The molecule has 1 heterocycles. The number of carboxylic acid groups (broad SMARTS) is 1. The summed E-state index contributed by atoms with van der Waals surface area (Å²) in [5.41, 5.74) is -2.13. The first-order valence-corrected chi connectivity index (χ1v) is 6.74. The lowest BCUT2D eigenvalue weighted by atomic mass is 10.1. The molecule has 0 saturated heterocycles. The largest absolute Gasteiger partial charge is 0.476 e. The SMILES string of the molecule is CC(C)(CO)n1nc(S(C)(=O)=O)c(F)c1C(=O)O. The highest BCUT2D eigenvalue weighted by atomic mass is 32.2. The Bertz CT molecular complexity index is 590. The predicted molar refractivity (Wildman–Crippen MR) is 58.7 cm³/mol. The number of aliphatic hydroxyl groups excluding tert-OH is 1. The lowest BCUT2D eigenvalue weighted by Crippen LogP contribution is -2.34. The van der Waals surface area contributed by atoms with Crippen molar-refractivity contribution in [2.24, 2.45) is 0 Å². The smallest absolute Gasteiger partial charge is 0.357 e. The molecule has 9 heteroatoms. The summed E-state index contributed by atoms with van der Waals surface area (Å²) in [6.07, 6.45) is 0.723. The van der Waals surface area contributed by atoms with Crippen LogP contribution < -0.4 is 0 Å². The maximum Gasteiger partial charge on any atom is 0.357 e. The Labute approximate surface area is 103 Å². The second-order valence-electron chi connectivity index (χ2n) is 4.43. The van der Waals surface area contributed by atoms with E-state index in [1.165, 1.54) is 13.8 Å². The van der Waals surface area contributed by atoms with Crippen LogP contribution in [0.15, 0.2) is 5.03 Å². The van der Waals surface area contributed by atoms with Crippen molar-refractivity contribution in [3.63, 3.8) is 0 Å². The van der Waals surface area contributed by atoms with Crippen LogP contribution in [0.4, 0.5) is 4.39 Å². The highest BCUT2D eigenvalue weighted by Gasteiger charge is 2.34. The maximum atomic E-state index is 13.8. The number of aliphatic hydroxyl groups is 1. The normalized spacial score (nSPS) is 12.7. The number of aromatic carboxylic acids is 1. The van der Waals surface area contributed by atoms with Gasteiger partial charge in [0.25, 0.3) is 0 Å². The summed E-state index contributed by atoms with van der Waals surface area (Å²) in [4.78, 5) is 11.0. The first-order valence-electron chi connectivity index (χ1n) is 4.85. The average molecular weight is 280 g/mol. The van der Waals surface area contributed by atoms with E-state index in [0.717, 1.165) is 6.26 Å². The molecule has 2 N–H and O–H groups in total. The third-order valence-corrected chi connectivity index (χ3v) is 3.28. The molecule has 1 aromatic heterocycles. The summed E-state index contributed by atoms with van der Waals surface area (Å²) in [6, 6.07) is 0. The quantitative estimate of drug-likeness (QED) is 0.794. The topological polar surface area (TPSA) is 109 Å². The highest BCUT2D eigenvalue weighted by Crippen LogP contribution is 2.23. The van der Waals surface area contributed by atoms with Gasteiger partial charge in [-0.15, -0.1) is 0 Å². The standard InChI is InChI=1S/C9H13FN2O5S/c1-9(2,4-13)12-6(8(14)15)5(10)7(11-12)18(3,16)17/h13H,4H2,1-3H3,(H,14,15). The lowest BCUT2D eigenvalue weighted by molar-refractivity contribution is 0.0654. The van der Waals surface area contributed by atoms with Gasteiger partial charge in [-0.05, 0) is 13.8 Å². The molecule has 0 unspecified atom stereocenters. The van der Waals surface area contributed by atoms with Gasteiger partial charge >= 0.3 is 5.97 Å².